The highest BCUT2D eigenvalue weighted by Crippen LogP contribution is 2.24. The molecule has 3 aromatic rings. The Bertz CT molecular complexity index is 1040. The van der Waals surface area contributed by atoms with Crippen LogP contribution < -0.4 is 5.56 Å². The molecule has 0 aliphatic carbocycles. The van der Waals surface area contributed by atoms with Crippen LogP contribution in [-0.4, -0.2) is 41.7 Å². The smallest absolute Gasteiger partial charge is 0.407 e. The zero-order chi connectivity index (χ0) is 17.6. The van der Waals surface area contributed by atoms with Crippen LogP contribution in [0.25, 0.3) is 11.0 Å². The van der Waals surface area contributed by atoms with Crippen molar-refractivity contribution in [2.75, 3.05) is 6.54 Å². The molecule has 1 amide bonds. The van der Waals surface area contributed by atoms with Gasteiger partial charge in [0.25, 0.3) is 5.56 Å². The summed E-state index contributed by atoms with van der Waals surface area (Å²) in [5.74, 6) is 0. The molecule has 0 saturated carbocycles. The van der Waals surface area contributed by atoms with E-state index in [1.165, 1.54) is 4.90 Å². The second-order valence-corrected chi connectivity index (χ2v) is 6.21. The molecular weight excluding hydrogens is 322 g/mol. The summed E-state index contributed by atoms with van der Waals surface area (Å²) >= 11 is 0. The Morgan fingerprint density at radius 3 is 2.88 bits per heavy atom. The fourth-order valence-corrected chi connectivity index (χ4v) is 3.38. The lowest BCUT2D eigenvalue weighted by atomic mass is 9.97. The van der Waals surface area contributed by atoms with Crippen molar-refractivity contribution >= 4 is 17.1 Å². The lowest BCUT2D eigenvalue weighted by molar-refractivity contribution is 0.139. The third-order valence-corrected chi connectivity index (χ3v) is 4.56. The number of carbonyl (C=O) groups is 1. The van der Waals surface area contributed by atoms with Crippen molar-refractivity contribution < 1.29 is 9.90 Å². The number of amides is 1. The van der Waals surface area contributed by atoms with E-state index < -0.39 is 6.09 Å². The predicted octanol–water partition coefficient (Wildman–Crippen LogP) is 1.21. The van der Waals surface area contributed by atoms with Gasteiger partial charge in [-0.3, -0.25) is 9.36 Å². The molecule has 1 N–H and O–H groups in total. The van der Waals surface area contributed by atoms with Gasteiger partial charge in [0, 0.05) is 36.9 Å². The number of pyridine rings is 2. The van der Waals surface area contributed by atoms with Crippen molar-refractivity contribution in [3.05, 3.63) is 58.0 Å². The monoisotopic (exact) mass is 339 g/mol. The number of carboxylic acid groups (broad SMARTS) is 1. The Kier molecular flexibility index (Phi) is 3.52. The van der Waals surface area contributed by atoms with E-state index >= 15 is 0 Å². The Balaban J connectivity index is 1.92. The minimum atomic E-state index is -1.01. The van der Waals surface area contributed by atoms with Crippen LogP contribution in [0.1, 0.15) is 16.8 Å². The van der Waals surface area contributed by atoms with Crippen LogP contribution in [0, 0.1) is 0 Å². The molecule has 0 aromatic carbocycles. The Hall–Kier alpha value is -3.16. The molecule has 3 aromatic heterocycles. The standard InChI is InChI=1S/C17H17N5O3/c1-20-7-11(19-10-20)8-22-15-13(3-2-5-18-15)12-4-6-21(17(24)25)9-14(12)16(22)23/h2-3,5,7,10H,4,6,8-9H2,1H3,(H,24,25). The molecule has 0 unspecified atom stereocenters. The van der Waals surface area contributed by atoms with E-state index in [0.29, 0.717) is 30.7 Å². The molecule has 0 fully saturated rings. The van der Waals surface area contributed by atoms with Crippen LogP contribution in [0.2, 0.25) is 0 Å². The summed E-state index contributed by atoms with van der Waals surface area (Å²) in [4.78, 5) is 34.4. The predicted molar refractivity (Wildman–Crippen MR) is 90.5 cm³/mol. The van der Waals surface area contributed by atoms with Gasteiger partial charge in [-0.15, -0.1) is 0 Å². The summed E-state index contributed by atoms with van der Waals surface area (Å²) in [6, 6.07) is 3.77. The minimum Gasteiger partial charge on any atom is -0.465 e. The van der Waals surface area contributed by atoms with E-state index in [-0.39, 0.29) is 12.1 Å². The van der Waals surface area contributed by atoms with Gasteiger partial charge in [-0.05, 0) is 24.1 Å². The Morgan fingerprint density at radius 1 is 1.32 bits per heavy atom. The maximum absolute atomic E-state index is 13.1. The highest BCUT2D eigenvalue weighted by atomic mass is 16.4. The van der Waals surface area contributed by atoms with Crippen LogP contribution in [-0.2, 0) is 26.6 Å². The Morgan fingerprint density at radius 2 is 2.16 bits per heavy atom. The second-order valence-electron chi connectivity index (χ2n) is 6.21. The van der Waals surface area contributed by atoms with Crippen molar-refractivity contribution in [3.63, 3.8) is 0 Å². The molecule has 8 heteroatoms. The largest absolute Gasteiger partial charge is 0.465 e. The molecule has 0 saturated heterocycles. The quantitative estimate of drug-likeness (QED) is 0.757. The number of aromatic nitrogens is 4. The van der Waals surface area contributed by atoms with Crippen molar-refractivity contribution in [2.24, 2.45) is 7.05 Å². The maximum atomic E-state index is 13.1. The number of nitrogens with zero attached hydrogens (tertiary/aromatic N) is 5. The van der Waals surface area contributed by atoms with Gasteiger partial charge >= 0.3 is 6.09 Å². The molecule has 4 rings (SSSR count). The van der Waals surface area contributed by atoms with E-state index in [0.717, 1.165) is 16.6 Å². The fourth-order valence-electron chi connectivity index (χ4n) is 3.38. The molecule has 0 radical (unpaired) electrons. The van der Waals surface area contributed by atoms with Crippen LogP contribution >= 0.6 is 0 Å². The molecule has 0 spiro atoms. The number of rotatable bonds is 2. The first-order valence-corrected chi connectivity index (χ1v) is 7.98. The molecule has 128 valence electrons. The molecule has 0 bridgehead atoms. The van der Waals surface area contributed by atoms with Crippen molar-refractivity contribution in [1.29, 1.82) is 0 Å². The number of aryl methyl sites for hydroxylation is 1. The number of hydrogen-bond donors (Lipinski definition) is 1. The van der Waals surface area contributed by atoms with E-state index in [1.807, 2.05) is 29.9 Å². The summed E-state index contributed by atoms with van der Waals surface area (Å²) in [5, 5.41) is 10.2. The van der Waals surface area contributed by atoms with E-state index in [2.05, 4.69) is 9.97 Å². The summed E-state index contributed by atoms with van der Waals surface area (Å²) < 4.78 is 3.41. The topological polar surface area (TPSA) is 93.3 Å². The molecule has 1 aliphatic heterocycles. The zero-order valence-electron chi connectivity index (χ0n) is 13.7. The zero-order valence-corrected chi connectivity index (χ0v) is 13.7. The fraction of sp³-hybridized carbons (Fsp3) is 0.294. The lowest BCUT2D eigenvalue weighted by Gasteiger charge is -2.27. The normalized spacial score (nSPS) is 13.9. The van der Waals surface area contributed by atoms with Crippen LogP contribution in [0.4, 0.5) is 4.79 Å². The van der Waals surface area contributed by atoms with Gasteiger partial charge in [0.05, 0.1) is 25.1 Å². The van der Waals surface area contributed by atoms with Crippen LogP contribution in [0.3, 0.4) is 0 Å². The Labute approximate surface area is 143 Å². The molecule has 0 atom stereocenters. The van der Waals surface area contributed by atoms with Gasteiger partial charge < -0.3 is 14.6 Å². The van der Waals surface area contributed by atoms with Gasteiger partial charge in [0.1, 0.15) is 5.65 Å². The highest BCUT2D eigenvalue weighted by molar-refractivity contribution is 5.81. The lowest BCUT2D eigenvalue weighted by Crippen LogP contribution is -2.40. The summed E-state index contributed by atoms with van der Waals surface area (Å²) in [5.41, 5.74) is 2.61. The molecule has 8 nitrogen and oxygen atoms in total. The summed E-state index contributed by atoms with van der Waals surface area (Å²) in [6.07, 6.45) is 4.71. The van der Waals surface area contributed by atoms with Gasteiger partial charge in [-0.2, -0.15) is 0 Å². The second kappa shape index (κ2) is 5.73. The first kappa shape index (κ1) is 15.4. The van der Waals surface area contributed by atoms with Gasteiger partial charge in [0.2, 0.25) is 0 Å². The van der Waals surface area contributed by atoms with Crippen LogP contribution in [0.15, 0.2) is 35.6 Å². The van der Waals surface area contributed by atoms with Crippen molar-refractivity contribution in [2.45, 2.75) is 19.5 Å². The van der Waals surface area contributed by atoms with E-state index in [9.17, 15) is 14.7 Å². The molecule has 4 heterocycles. The summed E-state index contributed by atoms with van der Waals surface area (Å²) in [7, 11) is 1.87. The van der Waals surface area contributed by atoms with Crippen molar-refractivity contribution in [1.82, 2.24) is 24.0 Å². The SMILES string of the molecule is Cn1cnc(Cn2c(=O)c3c(c4cccnc42)CCN(C(=O)O)C3)c1. The maximum Gasteiger partial charge on any atom is 0.407 e. The first-order chi connectivity index (χ1) is 12.0. The minimum absolute atomic E-state index is 0.108. The highest BCUT2D eigenvalue weighted by Gasteiger charge is 2.26. The number of imidazole rings is 1. The molecule has 1 aliphatic rings. The van der Waals surface area contributed by atoms with Crippen LogP contribution in [0.5, 0.6) is 0 Å². The average Bonchev–Trinajstić information content (AvgIpc) is 3.03. The van der Waals surface area contributed by atoms with E-state index in [1.54, 1.807) is 17.1 Å². The van der Waals surface area contributed by atoms with Gasteiger partial charge in [-0.25, -0.2) is 14.8 Å². The number of hydrogen-bond acceptors (Lipinski definition) is 4. The number of fused-ring (bicyclic) bond motifs is 3. The molecular formula is C17H17N5O3. The summed E-state index contributed by atoms with van der Waals surface area (Å²) in [6.45, 7) is 0.792. The molecule has 25 heavy (non-hydrogen) atoms. The third kappa shape index (κ3) is 2.55. The first-order valence-electron chi connectivity index (χ1n) is 7.98. The van der Waals surface area contributed by atoms with Gasteiger partial charge in [0.15, 0.2) is 0 Å². The van der Waals surface area contributed by atoms with E-state index in [4.69, 9.17) is 0 Å². The average molecular weight is 339 g/mol. The third-order valence-electron chi connectivity index (χ3n) is 4.56. The van der Waals surface area contributed by atoms with Gasteiger partial charge in [-0.1, -0.05) is 0 Å². The van der Waals surface area contributed by atoms with Crippen molar-refractivity contribution in [3.8, 4) is 0 Å².